The second kappa shape index (κ2) is 7.23. The van der Waals surface area contributed by atoms with Gasteiger partial charge in [-0.3, -0.25) is 9.59 Å². The zero-order valence-corrected chi connectivity index (χ0v) is 9.53. The molecule has 0 aromatic carbocycles. The third kappa shape index (κ3) is 5.37. The molecule has 1 unspecified atom stereocenters. The fourth-order valence-electron chi connectivity index (χ4n) is 1.31. The summed E-state index contributed by atoms with van der Waals surface area (Å²) >= 11 is 0. The maximum atomic E-state index is 11.7. The minimum absolute atomic E-state index is 0.0819. The summed E-state index contributed by atoms with van der Waals surface area (Å²) in [5.41, 5.74) is 10.6. The molecule has 5 heteroatoms. The normalized spacial score (nSPS) is 12.2. The number of unbranched alkanes of at least 4 members (excludes halogenated alkanes) is 1. The van der Waals surface area contributed by atoms with Crippen LogP contribution in [0.4, 0.5) is 0 Å². The average Bonchev–Trinajstić information content (AvgIpc) is 2.17. The lowest BCUT2D eigenvalue weighted by atomic mass is 10.1. The number of amides is 2. The van der Waals surface area contributed by atoms with E-state index >= 15 is 0 Å². The van der Waals surface area contributed by atoms with E-state index in [1.165, 1.54) is 0 Å². The molecule has 0 aliphatic carbocycles. The maximum Gasteiger partial charge on any atom is 0.240 e. The number of primary amides is 1. The standard InChI is InChI=1S/C10H21N3O2/c1-3-5-6-13(4-2)10(15)8(11)7-9(12)14/h8H,3-7,11H2,1-2H3,(H2,12,14). The second-order valence-corrected chi connectivity index (χ2v) is 3.55. The number of hydrogen-bond acceptors (Lipinski definition) is 3. The Balaban J connectivity index is 4.17. The van der Waals surface area contributed by atoms with Crippen molar-refractivity contribution in [1.82, 2.24) is 4.90 Å². The third-order valence-corrected chi connectivity index (χ3v) is 2.21. The van der Waals surface area contributed by atoms with Crippen LogP contribution in [0, 0.1) is 0 Å². The smallest absolute Gasteiger partial charge is 0.240 e. The predicted octanol–water partition coefficient (Wildman–Crippen LogP) is -0.162. The van der Waals surface area contributed by atoms with Crippen molar-refractivity contribution in [3.8, 4) is 0 Å². The molecule has 1 atom stereocenters. The van der Waals surface area contributed by atoms with E-state index < -0.39 is 11.9 Å². The Labute approximate surface area is 90.8 Å². The summed E-state index contributed by atoms with van der Waals surface area (Å²) in [6, 6.07) is -0.792. The molecule has 0 bridgehead atoms. The molecule has 0 aliphatic rings. The van der Waals surface area contributed by atoms with Gasteiger partial charge in [0.05, 0.1) is 12.5 Å². The molecule has 0 aliphatic heterocycles. The summed E-state index contributed by atoms with van der Waals surface area (Å²) in [6.45, 7) is 5.26. The summed E-state index contributed by atoms with van der Waals surface area (Å²) in [7, 11) is 0. The van der Waals surface area contributed by atoms with Crippen molar-refractivity contribution in [2.75, 3.05) is 13.1 Å². The highest BCUT2D eigenvalue weighted by atomic mass is 16.2. The maximum absolute atomic E-state index is 11.7. The number of carbonyl (C=O) groups excluding carboxylic acids is 2. The second-order valence-electron chi connectivity index (χ2n) is 3.55. The van der Waals surface area contributed by atoms with Crippen LogP contribution in [0.15, 0.2) is 0 Å². The molecular weight excluding hydrogens is 194 g/mol. The molecule has 5 nitrogen and oxygen atoms in total. The lowest BCUT2D eigenvalue weighted by molar-refractivity contribution is -0.134. The van der Waals surface area contributed by atoms with Gasteiger partial charge in [-0.15, -0.1) is 0 Å². The van der Waals surface area contributed by atoms with E-state index in [1.54, 1.807) is 4.90 Å². The quantitative estimate of drug-likeness (QED) is 0.618. The molecule has 0 fully saturated rings. The molecule has 0 aromatic rings. The Hall–Kier alpha value is -1.10. The molecule has 0 spiro atoms. The predicted molar refractivity (Wildman–Crippen MR) is 58.9 cm³/mol. The first-order valence-corrected chi connectivity index (χ1v) is 5.35. The van der Waals surface area contributed by atoms with E-state index in [1.807, 2.05) is 6.92 Å². The Morgan fingerprint density at radius 2 is 1.93 bits per heavy atom. The van der Waals surface area contributed by atoms with Crippen LogP contribution in [0.25, 0.3) is 0 Å². The Morgan fingerprint density at radius 1 is 1.33 bits per heavy atom. The van der Waals surface area contributed by atoms with E-state index in [-0.39, 0.29) is 12.3 Å². The molecule has 0 rings (SSSR count). The number of carbonyl (C=O) groups is 2. The van der Waals surface area contributed by atoms with Crippen molar-refractivity contribution in [2.45, 2.75) is 39.2 Å². The zero-order chi connectivity index (χ0) is 11.8. The van der Waals surface area contributed by atoms with Gasteiger partial charge in [-0.2, -0.15) is 0 Å². The highest BCUT2D eigenvalue weighted by Gasteiger charge is 2.20. The Bertz CT molecular complexity index is 219. The molecule has 0 aromatic heterocycles. The number of nitrogens with two attached hydrogens (primary N) is 2. The van der Waals surface area contributed by atoms with Gasteiger partial charge in [-0.25, -0.2) is 0 Å². The number of likely N-dealkylation sites (N-methyl/N-ethyl adjacent to an activating group) is 1. The SMILES string of the molecule is CCCCN(CC)C(=O)C(N)CC(N)=O. The Morgan fingerprint density at radius 3 is 2.33 bits per heavy atom. The van der Waals surface area contributed by atoms with Crippen molar-refractivity contribution in [1.29, 1.82) is 0 Å². The van der Waals surface area contributed by atoms with Crippen LogP contribution in [0.5, 0.6) is 0 Å². The fourth-order valence-corrected chi connectivity index (χ4v) is 1.31. The van der Waals surface area contributed by atoms with Gasteiger partial charge in [0.25, 0.3) is 0 Å². The Kier molecular flexibility index (Phi) is 6.70. The molecule has 88 valence electrons. The van der Waals surface area contributed by atoms with Crippen molar-refractivity contribution in [3.63, 3.8) is 0 Å². The van der Waals surface area contributed by atoms with Crippen LogP contribution in [-0.4, -0.2) is 35.8 Å². The minimum Gasteiger partial charge on any atom is -0.370 e. The number of rotatable bonds is 7. The molecule has 0 saturated heterocycles. The van der Waals surface area contributed by atoms with Crippen molar-refractivity contribution in [3.05, 3.63) is 0 Å². The van der Waals surface area contributed by atoms with Crippen LogP contribution in [0.2, 0.25) is 0 Å². The van der Waals surface area contributed by atoms with Crippen LogP contribution in [-0.2, 0) is 9.59 Å². The summed E-state index contributed by atoms with van der Waals surface area (Å²) < 4.78 is 0. The topological polar surface area (TPSA) is 89.4 Å². The molecule has 4 N–H and O–H groups in total. The first-order valence-electron chi connectivity index (χ1n) is 5.35. The monoisotopic (exact) mass is 215 g/mol. The van der Waals surface area contributed by atoms with E-state index in [2.05, 4.69) is 6.92 Å². The van der Waals surface area contributed by atoms with E-state index in [4.69, 9.17) is 11.5 Å². The first-order chi connectivity index (χ1) is 7.02. The zero-order valence-electron chi connectivity index (χ0n) is 9.53. The van der Waals surface area contributed by atoms with Crippen LogP contribution < -0.4 is 11.5 Å². The summed E-state index contributed by atoms with van der Waals surface area (Å²) in [5.74, 6) is -0.729. The van der Waals surface area contributed by atoms with Crippen molar-refractivity contribution < 1.29 is 9.59 Å². The first kappa shape index (κ1) is 13.9. The fraction of sp³-hybridized carbons (Fsp3) is 0.800. The molecule has 0 saturated carbocycles. The van der Waals surface area contributed by atoms with Crippen LogP contribution in [0.3, 0.4) is 0 Å². The third-order valence-electron chi connectivity index (χ3n) is 2.21. The van der Waals surface area contributed by atoms with Crippen molar-refractivity contribution >= 4 is 11.8 Å². The van der Waals surface area contributed by atoms with E-state index in [0.717, 1.165) is 12.8 Å². The van der Waals surface area contributed by atoms with Gasteiger partial charge in [-0.1, -0.05) is 13.3 Å². The summed E-state index contributed by atoms with van der Waals surface area (Å²) in [5, 5.41) is 0. The molecule has 0 radical (unpaired) electrons. The largest absolute Gasteiger partial charge is 0.370 e. The van der Waals surface area contributed by atoms with Crippen LogP contribution in [0.1, 0.15) is 33.1 Å². The number of hydrogen-bond donors (Lipinski definition) is 2. The summed E-state index contributed by atoms with van der Waals surface area (Å²) in [6.07, 6.45) is 1.89. The molecule has 2 amide bonds. The highest BCUT2D eigenvalue weighted by Crippen LogP contribution is 2.00. The summed E-state index contributed by atoms with van der Waals surface area (Å²) in [4.78, 5) is 24.0. The van der Waals surface area contributed by atoms with Crippen LogP contribution >= 0.6 is 0 Å². The molecular formula is C10H21N3O2. The van der Waals surface area contributed by atoms with Gasteiger partial charge >= 0.3 is 0 Å². The van der Waals surface area contributed by atoms with Gasteiger partial charge in [0.1, 0.15) is 0 Å². The lowest BCUT2D eigenvalue weighted by Gasteiger charge is -2.23. The number of nitrogens with zero attached hydrogens (tertiary/aromatic N) is 1. The molecule has 0 heterocycles. The van der Waals surface area contributed by atoms with Gasteiger partial charge in [0.15, 0.2) is 0 Å². The van der Waals surface area contributed by atoms with Gasteiger partial charge in [0.2, 0.25) is 11.8 Å². The van der Waals surface area contributed by atoms with Gasteiger partial charge in [-0.05, 0) is 13.3 Å². The molecule has 15 heavy (non-hydrogen) atoms. The lowest BCUT2D eigenvalue weighted by Crippen LogP contribution is -2.45. The highest BCUT2D eigenvalue weighted by molar-refractivity contribution is 5.87. The van der Waals surface area contributed by atoms with Gasteiger partial charge in [0, 0.05) is 13.1 Å². The van der Waals surface area contributed by atoms with E-state index in [0.29, 0.717) is 13.1 Å². The minimum atomic E-state index is -0.792. The van der Waals surface area contributed by atoms with Crippen molar-refractivity contribution in [2.24, 2.45) is 11.5 Å². The van der Waals surface area contributed by atoms with E-state index in [9.17, 15) is 9.59 Å². The average molecular weight is 215 g/mol. The van der Waals surface area contributed by atoms with Gasteiger partial charge < -0.3 is 16.4 Å².